The predicted molar refractivity (Wildman–Crippen MR) is 55.9 cm³/mol. The second-order valence-electron chi connectivity index (χ2n) is 3.54. The maximum absolute atomic E-state index is 9.45. The van der Waals surface area contributed by atoms with Gasteiger partial charge in [-0.1, -0.05) is 0 Å². The van der Waals surface area contributed by atoms with Crippen LogP contribution in [-0.2, 0) is 14.2 Å². The van der Waals surface area contributed by atoms with Crippen molar-refractivity contribution in [3.63, 3.8) is 0 Å². The van der Waals surface area contributed by atoms with Gasteiger partial charge >= 0.3 is 0 Å². The third-order valence-corrected chi connectivity index (χ3v) is 2.15. The third kappa shape index (κ3) is 6.06. The van der Waals surface area contributed by atoms with Crippen molar-refractivity contribution in [1.82, 2.24) is 5.32 Å². The molecule has 90 valence electrons. The fourth-order valence-electron chi connectivity index (χ4n) is 1.38. The van der Waals surface area contributed by atoms with E-state index in [1.807, 2.05) is 6.92 Å². The highest BCUT2D eigenvalue weighted by molar-refractivity contribution is 4.66. The Morgan fingerprint density at radius 1 is 1.53 bits per heavy atom. The molecule has 1 heterocycles. The molecular formula is C10H21NO4. The van der Waals surface area contributed by atoms with Gasteiger partial charge in [-0.25, -0.2) is 0 Å². The van der Waals surface area contributed by atoms with Gasteiger partial charge in [0.25, 0.3) is 0 Å². The number of nitrogens with one attached hydrogen (secondary N) is 1. The molecular weight excluding hydrogens is 198 g/mol. The Balaban J connectivity index is 1.94. The van der Waals surface area contributed by atoms with Gasteiger partial charge in [0.15, 0.2) is 0 Å². The molecule has 1 aliphatic heterocycles. The minimum Gasteiger partial charge on any atom is -0.389 e. The van der Waals surface area contributed by atoms with Crippen LogP contribution in [0.3, 0.4) is 0 Å². The lowest BCUT2D eigenvalue weighted by molar-refractivity contribution is -0.0871. The monoisotopic (exact) mass is 219 g/mol. The van der Waals surface area contributed by atoms with Gasteiger partial charge in [0, 0.05) is 19.7 Å². The van der Waals surface area contributed by atoms with Crippen molar-refractivity contribution >= 4 is 0 Å². The fourth-order valence-corrected chi connectivity index (χ4v) is 1.38. The highest BCUT2D eigenvalue weighted by Crippen LogP contribution is 1.98. The van der Waals surface area contributed by atoms with Crippen molar-refractivity contribution < 1.29 is 19.3 Å². The van der Waals surface area contributed by atoms with Gasteiger partial charge < -0.3 is 24.6 Å². The first-order valence-electron chi connectivity index (χ1n) is 5.48. The summed E-state index contributed by atoms with van der Waals surface area (Å²) in [6.07, 6.45) is -0.340. The fraction of sp³-hybridized carbons (Fsp3) is 1.00. The summed E-state index contributed by atoms with van der Waals surface area (Å²) >= 11 is 0. The summed E-state index contributed by atoms with van der Waals surface area (Å²) in [6.45, 7) is 6.14. The third-order valence-electron chi connectivity index (χ3n) is 2.15. The molecule has 0 aromatic carbocycles. The zero-order chi connectivity index (χ0) is 10.9. The van der Waals surface area contributed by atoms with E-state index >= 15 is 0 Å². The quantitative estimate of drug-likeness (QED) is 0.598. The summed E-state index contributed by atoms with van der Waals surface area (Å²) in [5.41, 5.74) is 0. The van der Waals surface area contributed by atoms with Crippen molar-refractivity contribution in [3.8, 4) is 0 Å². The molecule has 2 unspecified atom stereocenters. The van der Waals surface area contributed by atoms with Crippen LogP contribution in [0, 0.1) is 0 Å². The van der Waals surface area contributed by atoms with Gasteiger partial charge in [0.05, 0.1) is 38.6 Å². The highest BCUT2D eigenvalue weighted by atomic mass is 16.6. The molecule has 1 fully saturated rings. The molecule has 1 aliphatic rings. The van der Waals surface area contributed by atoms with Crippen molar-refractivity contribution in [2.75, 3.05) is 46.1 Å². The van der Waals surface area contributed by atoms with Gasteiger partial charge in [-0.3, -0.25) is 0 Å². The molecule has 15 heavy (non-hydrogen) atoms. The summed E-state index contributed by atoms with van der Waals surface area (Å²) < 4.78 is 15.8. The first kappa shape index (κ1) is 12.9. The van der Waals surface area contributed by atoms with E-state index in [0.29, 0.717) is 46.1 Å². The van der Waals surface area contributed by atoms with E-state index in [1.165, 1.54) is 0 Å². The average molecular weight is 219 g/mol. The molecule has 0 aliphatic carbocycles. The van der Waals surface area contributed by atoms with Gasteiger partial charge in [-0.05, 0) is 6.92 Å². The van der Waals surface area contributed by atoms with Crippen LogP contribution in [0.25, 0.3) is 0 Å². The van der Waals surface area contributed by atoms with E-state index in [0.717, 1.165) is 0 Å². The topological polar surface area (TPSA) is 60.0 Å². The normalized spacial score (nSPS) is 24.0. The molecule has 0 spiro atoms. The Morgan fingerprint density at radius 3 is 3.07 bits per heavy atom. The van der Waals surface area contributed by atoms with Gasteiger partial charge in [0.1, 0.15) is 0 Å². The van der Waals surface area contributed by atoms with Crippen molar-refractivity contribution in [2.45, 2.75) is 19.1 Å². The van der Waals surface area contributed by atoms with E-state index in [1.54, 1.807) is 0 Å². The highest BCUT2D eigenvalue weighted by Gasteiger charge is 2.14. The Morgan fingerprint density at radius 2 is 2.40 bits per heavy atom. The molecule has 0 radical (unpaired) electrons. The van der Waals surface area contributed by atoms with E-state index in [4.69, 9.17) is 14.2 Å². The lowest BCUT2D eigenvalue weighted by atomic mass is 10.3. The summed E-state index contributed by atoms with van der Waals surface area (Å²) in [4.78, 5) is 0. The number of hydrogen-bond donors (Lipinski definition) is 2. The number of rotatable bonds is 7. The van der Waals surface area contributed by atoms with Crippen LogP contribution in [0.5, 0.6) is 0 Å². The SMILES string of the molecule is CCOCC(O)CNCC1COCCO1. The number of aliphatic hydroxyl groups is 1. The van der Waals surface area contributed by atoms with E-state index in [2.05, 4.69) is 5.32 Å². The number of ether oxygens (including phenoxy) is 3. The maximum Gasteiger partial charge on any atom is 0.0933 e. The van der Waals surface area contributed by atoms with Gasteiger partial charge in [-0.15, -0.1) is 0 Å². The summed E-state index contributed by atoms with van der Waals surface area (Å²) in [7, 11) is 0. The average Bonchev–Trinajstić information content (AvgIpc) is 2.28. The predicted octanol–water partition coefficient (Wildman–Crippen LogP) is -0.611. The standard InChI is InChI=1S/C10H21NO4/c1-2-13-7-9(12)5-11-6-10-8-14-3-4-15-10/h9-12H,2-8H2,1H3. The van der Waals surface area contributed by atoms with Crippen molar-refractivity contribution in [3.05, 3.63) is 0 Å². The largest absolute Gasteiger partial charge is 0.389 e. The van der Waals surface area contributed by atoms with E-state index in [-0.39, 0.29) is 6.10 Å². The van der Waals surface area contributed by atoms with Crippen molar-refractivity contribution in [2.24, 2.45) is 0 Å². The second-order valence-corrected chi connectivity index (χ2v) is 3.54. The summed E-state index contributed by atoms with van der Waals surface area (Å²) in [6, 6.07) is 0. The molecule has 0 amide bonds. The molecule has 5 nitrogen and oxygen atoms in total. The smallest absolute Gasteiger partial charge is 0.0933 e. The van der Waals surface area contributed by atoms with Crippen LogP contribution >= 0.6 is 0 Å². The zero-order valence-electron chi connectivity index (χ0n) is 9.28. The first-order chi connectivity index (χ1) is 7.33. The maximum atomic E-state index is 9.45. The second kappa shape index (κ2) is 8.01. The van der Waals surface area contributed by atoms with Crippen LogP contribution in [0.15, 0.2) is 0 Å². The Bertz CT molecular complexity index is 150. The summed E-state index contributed by atoms with van der Waals surface area (Å²) in [5.74, 6) is 0. The van der Waals surface area contributed by atoms with E-state index < -0.39 is 6.10 Å². The lowest BCUT2D eigenvalue weighted by Crippen LogP contribution is -2.40. The molecule has 5 heteroatoms. The Hall–Kier alpha value is -0.200. The van der Waals surface area contributed by atoms with Crippen LogP contribution in [0.2, 0.25) is 0 Å². The van der Waals surface area contributed by atoms with Crippen LogP contribution in [0.4, 0.5) is 0 Å². The molecule has 1 saturated heterocycles. The minimum absolute atomic E-state index is 0.109. The van der Waals surface area contributed by atoms with Crippen LogP contribution < -0.4 is 5.32 Å². The molecule has 0 aromatic rings. The molecule has 0 bridgehead atoms. The first-order valence-corrected chi connectivity index (χ1v) is 5.48. The Kier molecular flexibility index (Phi) is 6.87. The van der Waals surface area contributed by atoms with Crippen LogP contribution in [0.1, 0.15) is 6.92 Å². The Labute approximate surface area is 90.7 Å². The molecule has 0 aromatic heterocycles. The van der Waals surface area contributed by atoms with Crippen LogP contribution in [-0.4, -0.2) is 63.4 Å². The van der Waals surface area contributed by atoms with Crippen molar-refractivity contribution in [1.29, 1.82) is 0 Å². The minimum atomic E-state index is -0.450. The number of aliphatic hydroxyl groups excluding tert-OH is 1. The molecule has 1 rings (SSSR count). The summed E-state index contributed by atoms with van der Waals surface area (Å²) in [5, 5.41) is 12.6. The van der Waals surface area contributed by atoms with Gasteiger partial charge in [-0.2, -0.15) is 0 Å². The number of hydrogen-bond acceptors (Lipinski definition) is 5. The molecule has 2 atom stereocenters. The zero-order valence-corrected chi connectivity index (χ0v) is 9.28. The lowest BCUT2D eigenvalue weighted by Gasteiger charge is -2.23. The molecule has 0 saturated carbocycles. The van der Waals surface area contributed by atoms with Gasteiger partial charge in [0.2, 0.25) is 0 Å². The van der Waals surface area contributed by atoms with E-state index in [9.17, 15) is 5.11 Å². The molecule has 2 N–H and O–H groups in total.